The lowest BCUT2D eigenvalue weighted by molar-refractivity contribution is -0.121. The molecule has 0 aromatic heterocycles. The SMILES string of the molecule is COc1ccc(CCCNC(=O)C(C)N(c2ccc(F)cc2)S(C)(=O)=O)cc1. The molecule has 0 aliphatic heterocycles. The van der Waals surface area contributed by atoms with E-state index in [1.54, 1.807) is 7.11 Å². The van der Waals surface area contributed by atoms with E-state index in [4.69, 9.17) is 4.74 Å². The Balaban J connectivity index is 1.94. The smallest absolute Gasteiger partial charge is 0.243 e. The number of rotatable bonds is 9. The van der Waals surface area contributed by atoms with Crippen molar-refractivity contribution in [1.82, 2.24) is 5.32 Å². The van der Waals surface area contributed by atoms with Crippen LogP contribution in [0.3, 0.4) is 0 Å². The number of hydrogen-bond acceptors (Lipinski definition) is 4. The van der Waals surface area contributed by atoms with Crippen molar-refractivity contribution >= 4 is 21.6 Å². The molecule has 0 fully saturated rings. The Morgan fingerprint density at radius 1 is 1.14 bits per heavy atom. The number of anilines is 1. The average Bonchev–Trinajstić information content (AvgIpc) is 2.66. The van der Waals surface area contributed by atoms with Crippen molar-refractivity contribution in [2.24, 2.45) is 0 Å². The predicted octanol–water partition coefficient (Wildman–Crippen LogP) is 2.74. The molecule has 1 N–H and O–H groups in total. The van der Waals surface area contributed by atoms with Gasteiger partial charge in [-0.2, -0.15) is 0 Å². The van der Waals surface area contributed by atoms with Gasteiger partial charge in [-0.1, -0.05) is 12.1 Å². The molecule has 1 amide bonds. The number of carbonyl (C=O) groups is 1. The molecule has 2 aromatic carbocycles. The minimum atomic E-state index is -3.72. The van der Waals surface area contributed by atoms with Crippen LogP contribution in [0.25, 0.3) is 0 Å². The van der Waals surface area contributed by atoms with E-state index in [0.29, 0.717) is 13.0 Å². The number of methoxy groups -OCH3 is 1. The van der Waals surface area contributed by atoms with Crippen molar-refractivity contribution in [2.75, 3.05) is 24.2 Å². The highest BCUT2D eigenvalue weighted by Crippen LogP contribution is 2.21. The Bertz CT molecular complexity index is 883. The van der Waals surface area contributed by atoms with Crippen LogP contribution in [0.1, 0.15) is 18.9 Å². The van der Waals surface area contributed by atoms with E-state index in [2.05, 4.69) is 5.32 Å². The van der Waals surface area contributed by atoms with E-state index < -0.39 is 27.8 Å². The number of carbonyl (C=O) groups excluding carboxylic acids is 1. The topological polar surface area (TPSA) is 75.7 Å². The number of hydrogen-bond donors (Lipinski definition) is 1. The van der Waals surface area contributed by atoms with Crippen LogP contribution in [0.2, 0.25) is 0 Å². The van der Waals surface area contributed by atoms with Gasteiger partial charge in [0, 0.05) is 6.54 Å². The number of nitrogens with one attached hydrogen (secondary N) is 1. The molecule has 0 saturated heterocycles. The maximum Gasteiger partial charge on any atom is 0.243 e. The lowest BCUT2D eigenvalue weighted by Gasteiger charge is -2.28. The molecule has 0 aliphatic rings. The lowest BCUT2D eigenvalue weighted by atomic mass is 10.1. The molecule has 2 aromatic rings. The molecule has 0 aliphatic carbocycles. The van der Waals surface area contributed by atoms with Crippen LogP contribution >= 0.6 is 0 Å². The van der Waals surface area contributed by atoms with Gasteiger partial charge in [-0.05, 0) is 61.7 Å². The summed E-state index contributed by atoms with van der Waals surface area (Å²) in [5.41, 5.74) is 1.36. The van der Waals surface area contributed by atoms with E-state index in [-0.39, 0.29) is 5.69 Å². The molecule has 0 bridgehead atoms. The van der Waals surface area contributed by atoms with Gasteiger partial charge < -0.3 is 10.1 Å². The standard InChI is InChI=1S/C20H25FN2O4S/c1-15(23(28(3,25)26)18-10-8-17(21)9-11-18)20(24)22-14-4-5-16-6-12-19(27-2)13-7-16/h6-13,15H,4-5,14H2,1-3H3,(H,22,24). The first-order chi connectivity index (χ1) is 13.2. The van der Waals surface area contributed by atoms with Gasteiger partial charge in [0.1, 0.15) is 17.6 Å². The molecule has 28 heavy (non-hydrogen) atoms. The summed E-state index contributed by atoms with van der Waals surface area (Å²) in [5, 5.41) is 2.77. The van der Waals surface area contributed by atoms with Crippen molar-refractivity contribution in [3.63, 3.8) is 0 Å². The molecule has 8 heteroatoms. The fourth-order valence-corrected chi connectivity index (χ4v) is 4.02. The Labute approximate surface area is 165 Å². The number of benzene rings is 2. The summed E-state index contributed by atoms with van der Waals surface area (Å²) in [6.07, 6.45) is 2.50. The Hall–Kier alpha value is -2.61. The normalized spacial score (nSPS) is 12.3. The largest absolute Gasteiger partial charge is 0.497 e. The quantitative estimate of drug-likeness (QED) is 0.648. The molecular weight excluding hydrogens is 383 g/mol. The van der Waals surface area contributed by atoms with Crippen LogP contribution in [-0.2, 0) is 21.2 Å². The summed E-state index contributed by atoms with van der Waals surface area (Å²) in [5.74, 6) is -0.107. The van der Waals surface area contributed by atoms with Crippen molar-refractivity contribution in [2.45, 2.75) is 25.8 Å². The second kappa shape index (κ2) is 9.54. The third-order valence-corrected chi connectivity index (χ3v) is 5.51. The van der Waals surface area contributed by atoms with Gasteiger partial charge in [-0.15, -0.1) is 0 Å². The number of aryl methyl sites for hydroxylation is 1. The van der Waals surface area contributed by atoms with Gasteiger partial charge in [0.05, 0.1) is 19.1 Å². The zero-order valence-corrected chi connectivity index (χ0v) is 17.0. The summed E-state index contributed by atoms with van der Waals surface area (Å²) in [6.45, 7) is 1.92. The van der Waals surface area contributed by atoms with E-state index in [9.17, 15) is 17.6 Å². The highest BCUT2D eigenvalue weighted by atomic mass is 32.2. The number of ether oxygens (including phenoxy) is 1. The zero-order chi connectivity index (χ0) is 20.7. The summed E-state index contributed by atoms with van der Waals surface area (Å²) in [4.78, 5) is 12.5. The molecule has 0 spiro atoms. The van der Waals surface area contributed by atoms with Crippen molar-refractivity contribution in [3.8, 4) is 5.75 Å². The van der Waals surface area contributed by atoms with Gasteiger partial charge in [-0.25, -0.2) is 12.8 Å². The number of sulfonamides is 1. The molecule has 6 nitrogen and oxygen atoms in total. The zero-order valence-electron chi connectivity index (χ0n) is 16.2. The maximum atomic E-state index is 13.1. The molecule has 0 saturated carbocycles. The van der Waals surface area contributed by atoms with Crippen LogP contribution in [0.4, 0.5) is 10.1 Å². The molecule has 1 atom stereocenters. The minimum Gasteiger partial charge on any atom is -0.497 e. The van der Waals surface area contributed by atoms with Gasteiger partial charge in [-0.3, -0.25) is 9.10 Å². The van der Waals surface area contributed by atoms with E-state index in [1.165, 1.54) is 19.1 Å². The minimum absolute atomic E-state index is 0.241. The summed E-state index contributed by atoms with van der Waals surface area (Å²) >= 11 is 0. The van der Waals surface area contributed by atoms with Crippen LogP contribution in [0.15, 0.2) is 48.5 Å². The second-order valence-electron chi connectivity index (χ2n) is 6.45. The van der Waals surface area contributed by atoms with Gasteiger partial charge in [0.25, 0.3) is 0 Å². The monoisotopic (exact) mass is 408 g/mol. The first-order valence-corrected chi connectivity index (χ1v) is 10.7. The molecule has 2 rings (SSSR count). The Morgan fingerprint density at radius 3 is 2.29 bits per heavy atom. The lowest BCUT2D eigenvalue weighted by Crippen LogP contribution is -2.48. The third kappa shape index (κ3) is 5.95. The van der Waals surface area contributed by atoms with E-state index in [1.807, 2.05) is 24.3 Å². The number of halogens is 1. The van der Waals surface area contributed by atoms with Crippen molar-refractivity contribution < 1.29 is 22.3 Å². The van der Waals surface area contributed by atoms with Crippen LogP contribution in [0, 0.1) is 5.82 Å². The Kier molecular flexibility index (Phi) is 7.39. The third-order valence-electron chi connectivity index (χ3n) is 4.27. The molecule has 152 valence electrons. The average molecular weight is 408 g/mol. The molecular formula is C20H25FN2O4S. The highest BCUT2D eigenvalue weighted by molar-refractivity contribution is 7.92. The summed E-state index contributed by atoms with van der Waals surface area (Å²) in [6, 6.07) is 11.7. The number of amides is 1. The second-order valence-corrected chi connectivity index (χ2v) is 8.31. The first kappa shape index (κ1) is 21.7. The summed E-state index contributed by atoms with van der Waals surface area (Å²) in [7, 11) is -2.11. The molecule has 0 radical (unpaired) electrons. The molecule has 0 heterocycles. The fraction of sp³-hybridized carbons (Fsp3) is 0.350. The molecule has 1 unspecified atom stereocenters. The number of nitrogens with zero attached hydrogens (tertiary/aromatic N) is 1. The summed E-state index contributed by atoms with van der Waals surface area (Å²) < 4.78 is 43.6. The van der Waals surface area contributed by atoms with Gasteiger partial charge in [0.2, 0.25) is 15.9 Å². The van der Waals surface area contributed by atoms with E-state index >= 15 is 0 Å². The first-order valence-electron chi connectivity index (χ1n) is 8.88. The predicted molar refractivity (Wildman–Crippen MR) is 108 cm³/mol. The highest BCUT2D eigenvalue weighted by Gasteiger charge is 2.28. The van der Waals surface area contributed by atoms with Crippen LogP contribution in [-0.4, -0.2) is 40.3 Å². The van der Waals surface area contributed by atoms with Gasteiger partial charge >= 0.3 is 0 Å². The van der Waals surface area contributed by atoms with E-state index in [0.717, 1.165) is 40.4 Å². The maximum absolute atomic E-state index is 13.1. The van der Waals surface area contributed by atoms with Crippen molar-refractivity contribution in [3.05, 3.63) is 59.9 Å². The van der Waals surface area contributed by atoms with Crippen LogP contribution in [0.5, 0.6) is 5.75 Å². The fourth-order valence-electron chi connectivity index (χ4n) is 2.84. The van der Waals surface area contributed by atoms with Crippen molar-refractivity contribution in [1.29, 1.82) is 0 Å². The Morgan fingerprint density at radius 2 is 1.75 bits per heavy atom. The van der Waals surface area contributed by atoms with Crippen LogP contribution < -0.4 is 14.4 Å². The van der Waals surface area contributed by atoms with Gasteiger partial charge in [0.15, 0.2) is 0 Å².